The van der Waals surface area contributed by atoms with E-state index >= 15 is 0 Å². The number of nitriles is 1. The number of hydrogen-bond donors (Lipinski definition) is 1. The van der Waals surface area contributed by atoms with Gasteiger partial charge in [-0.15, -0.1) is 12.4 Å². The maximum Gasteiger partial charge on any atom is 0.243 e. The highest BCUT2D eigenvalue weighted by molar-refractivity contribution is 9.10. The zero-order valence-corrected chi connectivity index (χ0v) is 15.5. The quantitative estimate of drug-likeness (QED) is 0.830. The molecular formula is C14H19BrClN3O2S. The Labute approximate surface area is 146 Å². The van der Waals surface area contributed by atoms with E-state index in [1.54, 1.807) is 12.1 Å². The molecule has 1 aromatic carbocycles. The predicted octanol–water partition coefficient (Wildman–Crippen LogP) is 2.36. The molecule has 0 aliphatic carbocycles. The van der Waals surface area contributed by atoms with Crippen LogP contribution in [-0.2, 0) is 10.0 Å². The monoisotopic (exact) mass is 407 g/mol. The lowest BCUT2D eigenvalue weighted by Crippen LogP contribution is -2.40. The topological polar surface area (TPSA) is 73.2 Å². The van der Waals surface area contributed by atoms with Crippen LogP contribution in [0.15, 0.2) is 27.6 Å². The lowest BCUT2D eigenvalue weighted by atomic mass is 9.98. The van der Waals surface area contributed by atoms with Crippen LogP contribution in [-0.4, -0.2) is 39.4 Å². The van der Waals surface area contributed by atoms with Gasteiger partial charge in [-0.05, 0) is 50.6 Å². The predicted molar refractivity (Wildman–Crippen MR) is 91.5 cm³/mol. The average molecular weight is 409 g/mol. The van der Waals surface area contributed by atoms with Gasteiger partial charge in [-0.25, -0.2) is 8.42 Å². The van der Waals surface area contributed by atoms with Crippen molar-refractivity contribution in [1.29, 1.82) is 5.26 Å². The van der Waals surface area contributed by atoms with E-state index in [1.165, 1.54) is 10.4 Å². The lowest BCUT2D eigenvalue weighted by molar-refractivity contribution is 0.270. The molecule has 0 radical (unpaired) electrons. The third-order valence-corrected chi connectivity index (χ3v) is 6.04. The highest BCUT2D eigenvalue weighted by atomic mass is 79.9. The minimum Gasteiger partial charge on any atom is -0.319 e. The number of rotatable bonds is 4. The molecule has 2 rings (SSSR count). The lowest BCUT2D eigenvalue weighted by Gasteiger charge is -2.31. The van der Waals surface area contributed by atoms with Gasteiger partial charge in [0.2, 0.25) is 10.0 Å². The van der Waals surface area contributed by atoms with Crippen molar-refractivity contribution in [1.82, 2.24) is 9.62 Å². The molecule has 0 bridgehead atoms. The van der Waals surface area contributed by atoms with Crippen molar-refractivity contribution in [3.8, 4) is 6.07 Å². The van der Waals surface area contributed by atoms with E-state index in [1.807, 2.05) is 13.1 Å². The van der Waals surface area contributed by atoms with E-state index < -0.39 is 10.0 Å². The van der Waals surface area contributed by atoms with Crippen LogP contribution >= 0.6 is 28.3 Å². The Morgan fingerprint density at radius 1 is 1.36 bits per heavy atom. The molecule has 1 heterocycles. The molecule has 1 N–H and O–H groups in total. The van der Waals surface area contributed by atoms with E-state index in [4.69, 9.17) is 5.26 Å². The second-order valence-corrected chi connectivity index (χ2v) is 8.05. The molecule has 0 unspecified atom stereocenters. The summed E-state index contributed by atoms with van der Waals surface area (Å²) in [5.74, 6) is 0.527. The molecule has 0 spiro atoms. The minimum atomic E-state index is -3.52. The minimum absolute atomic E-state index is 0. The van der Waals surface area contributed by atoms with E-state index in [0.717, 1.165) is 19.4 Å². The number of benzene rings is 1. The fraction of sp³-hybridized carbons (Fsp3) is 0.500. The van der Waals surface area contributed by atoms with Gasteiger partial charge in [0.1, 0.15) is 0 Å². The molecule has 0 saturated carbocycles. The second kappa shape index (κ2) is 8.27. The Morgan fingerprint density at radius 2 is 2.00 bits per heavy atom. The van der Waals surface area contributed by atoms with Crippen LogP contribution in [0, 0.1) is 17.2 Å². The fourth-order valence-corrected chi connectivity index (χ4v) is 4.75. The van der Waals surface area contributed by atoms with Gasteiger partial charge in [0.25, 0.3) is 0 Å². The molecule has 0 amide bonds. The van der Waals surface area contributed by atoms with Gasteiger partial charge >= 0.3 is 0 Å². The smallest absolute Gasteiger partial charge is 0.243 e. The largest absolute Gasteiger partial charge is 0.319 e. The van der Waals surface area contributed by atoms with Crippen molar-refractivity contribution < 1.29 is 8.42 Å². The third kappa shape index (κ3) is 4.43. The summed E-state index contributed by atoms with van der Waals surface area (Å²) in [5.41, 5.74) is 0.341. The van der Waals surface area contributed by atoms with E-state index in [-0.39, 0.29) is 17.3 Å². The highest BCUT2D eigenvalue weighted by Gasteiger charge is 2.29. The van der Waals surface area contributed by atoms with Crippen LogP contribution in [0.2, 0.25) is 0 Å². The first-order valence-corrected chi connectivity index (χ1v) is 9.06. The van der Waals surface area contributed by atoms with E-state index in [2.05, 4.69) is 21.2 Å². The van der Waals surface area contributed by atoms with Gasteiger partial charge in [0.05, 0.1) is 16.5 Å². The molecule has 22 heavy (non-hydrogen) atoms. The third-order valence-electron chi connectivity index (χ3n) is 3.70. The van der Waals surface area contributed by atoms with E-state index in [9.17, 15) is 8.42 Å². The Kier molecular flexibility index (Phi) is 7.29. The van der Waals surface area contributed by atoms with Gasteiger partial charge < -0.3 is 5.32 Å². The maximum atomic E-state index is 12.7. The SMILES string of the molecule is CNCC1CCN(S(=O)(=O)c2cc(Br)cc(C#N)c2)CC1.Cl. The number of sulfonamides is 1. The van der Waals surface area contributed by atoms with E-state index in [0.29, 0.717) is 29.0 Å². The van der Waals surface area contributed by atoms with Crippen molar-refractivity contribution in [3.05, 3.63) is 28.2 Å². The summed E-state index contributed by atoms with van der Waals surface area (Å²) in [7, 11) is -1.61. The summed E-state index contributed by atoms with van der Waals surface area (Å²) in [5, 5.41) is 12.1. The van der Waals surface area contributed by atoms with Gasteiger partial charge in [-0.3, -0.25) is 0 Å². The molecule has 1 aliphatic heterocycles. The molecule has 122 valence electrons. The second-order valence-electron chi connectivity index (χ2n) is 5.19. The Hall–Kier alpha value is -0.650. The molecule has 8 heteroatoms. The molecule has 1 fully saturated rings. The van der Waals surface area contributed by atoms with Crippen LogP contribution in [0.5, 0.6) is 0 Å². The zero-order valence-electron chi connectivity index (χ0n) is 12.3. The first-order valence-electron chi connectivity index (χ1n) is 6.83. The molecule has 1 aromatic rings. The van der Waals surface area contributed by atoms with Crippen molar-refractivity contribution in [3.63, 3.8) is 0 Å². The molecule has 0 atom stereocenters. The van der Waals surface area contributed by atoms with Crippen LogP contribution in [0.1, 0.15) is 18.4 Å². The van der Waals surface area contributed by atoms with Crippen molar-refractivity contribution in [2.24, 2.45) is 5.92 Å². The first kappa shape index (κ1) is 19.4. The maximum absolute atomic E-state index is 12.7. The Bertz CT molecular complexity index is 653. The van der Waals surface area contributed by atoms with Crippen molar-refractivity contribution >= 4 is 38.4 Å². The van der Waals surface area contributed by atoms with Gasteiger partial charge in [-0.2, -0.15) is 9.57 Å². The number of hydrogen-bond acceptors (Lipinski definition) is 4. The van der Waals surface area contributed by atoms with Crippen LogP contribution < -0.4 is 5.32 Å². The summed E-state index contributed by atoms with van der Waals surface area (Å²) in [6.07, 6.45) is 1.72. The summed E-state index contributed by atoms with van der Waals surface area (Å²) >= 11 is 3.26. The van der Waals surface area contributed by atoms with Crippen molar-refractivity contribution in [2.75, 3.05) is 26.7 Å². The van der Waals surface area contributed by atoms with Crippen LogP contribution in [0.25, 0.3) is 0 Å². The standard InChI is InChI=1S/C14H18BrN3O2S.ClH/c1-17-10-11-2-4-18(5-3-11)21(19,20)14-7-12(9-16)6-13(15)8-14;/h6-8,11,17H,2-5,10H2,1H3;1H. The summed E-state index contributed by atoms with van der Waals surface area (Å²) in [4.78, 5) is 0.181. The number of nitrogens with one attached hydrogen (secondary N) is 1. The van der Waals surface area contributed by atoms with Gasteiger partial charge in [0.15, 0.2) is 0 Å². The molecule has 1 aliphatic rings. The number of halogens is 2. The Balaban J connectivity index is 0.00000242. The first-order chi connectivity index (χ1) is 9.97. The van der Waals surface area contributed by atoms with Crippen molar-refractivity contribution in [2.45, 2.75) is 17.7 Å². The molecule has 0 aromatic heterocycles. The van der Waals surface area contributed by atoms with Gasteiger partial charge in [-0.1, -0.05) is 15.9 Å². The zero-order chi connectivity index (χ0) is 15.5. The van der Waals surface area contributed by atoms with Gasteiger partial charge in [0, 0.05) is 17.6 Å². The van der Waals surface area contributed by atoms with Crippen LogP contribution in [0.4, 0.5) is 0 Å². The fourth-order valence-electron chi connectivity index (χ4n) is 2.57. The van der Waals surface area contributed by atoms with Crippen LogP contribution in [0.3, 0.4) is 0 Å². The normalized spacial score (nSPS) is 16.8. The highest BCUT2D eigenvalue weighted by Crippen LogP contribution is 2.26. The average Bonchev–Trinajstić information content (AvgIpc) is 2.47. The summed E-state index contributed by atoms with van der Waals surface area (Å²) in [6, 6.07) is 6.58. The summed E-state index contributed by atoms with van der Waals surface area (Å²) in [6.45, 7) is 1.98. The molecular weight excluding hydrogens is 390 g/mol. The number of piperidine rings is 1. The summed E-state index contributed by atoms with van der Waals surface area (Å²) < 4.78 is 27.4. The molecule has 1 saturated heterocycles. The Morgan fingerprint density at radius 3 is 2.55 bits per heavy atom. The molecule has 5 nitrogen and oxygen atoms in total. The number of nitrogens with zero attached hydrogens (tertiary/aromatic N) is 2.